The molecule has 1 fully saturated rings. The van der Waals surface area contributed by atoms with Gasteiger partial charge in [0.25, 0.3) is 0 Å². The third-order valence-corrected chi connectivity index (χ3v) is 3.77. The first-order chi connectivity index (χ1) is 8.67. The molecule has 0 aromatic carbocycles. The van der Waals surface area contributed by atoms with E-state index in [9.17, 15) is 4.79 Å². The van der Waals surface area contributed by atoms with Crippen LogP contribution in [0.4, 0.5) is 0 Å². The van der Waals surface area contributed by atoms with Gasteiger partial charge in [-0.2, -0.15) is 5.10 Å². The van der Waals surface area contributed by atoms with Crippen LogP contribution in [0.1, 0.15) is 30.7 Å². The number of aryl methyl sites for hydroxylation is 1. The van der Waals surface area contributed by atoms with Gasteiger partial charge in [0.1, 0.15) is 5.41 Å². The number of hydrogen-bond donors (Lipinski definition) is 0. The van der Waals surface area contributed by atoms with Crippen LogP contribution in [0.2, 0.25) is 0 Å². The summed E-state index contributed by atoms with van der Waals surface area (Å²) in [5, 5.41) is 4.44. The molecule has 94 valence electrons. The van der Waals surface area contributed by atoms with Gasteiger partial charge in [0, 0.05) is 6.20 Å². The van der Waals surface area contributed by atoms with Crippen molar-refractivity contribution in [3.8, 4) is 0 Å². The van der Waals surface area contributed by atoms with Crippen molar-refractivity contribution >= 4 is 11.6 Å². The maximum absolute atomic E-state index is 12.0. The molecule has 2 aromatic rings. The molecule has 1 saturated carbocycles. The Morgan fingerprint density at radius 1 is 1.50 bits per heavy atom. The summed E-state index contributed by atoms with van der Waals surface area (Å²) in [7, 11) is 1.42. The van der Waals surface area contributed by atoms with Crippen LogP contribution in [0.5, 0.6) is 0 Å². The Hall–Kier alpha value is -1.91. The Labute approximate surface area is 105 Å². The number of methoxy groups -OCH3 is 1. The second-order valence-corrected chi connectivity index (χ2v) is 4.82. The van der Waals surface area contributed by atoms with E-state index in [1.54, 1.807) is 4.52 Å². The Morgan fingerprint density at radius 3 is 2.83 bits per heavy atom. The summed E-state index contributed by atoms with van der Waals surface area (Å²) >= 11 is 0. The highest BCUT2D eigenvalue weighted by atomic mass is 16.5. The number of ether oxygens (including phenoxy) is 1. The summed E-state index contributed by atoms with van der Waals surface area (Å²) in [5.74, 6) is 0.372. The lowest BCUT2D eigenvalue weighted by Gasteiger charge is -2.35. The van der Waals surface area contributed by atoms with Crippen molar-refractivity contribution in [2.24, 2.45) is 0 Å². The number of carbonyl (C=O) groups excluding carboxylic acids is 1. The number of fused-ring (bicyclic) bond motifs is 1. The second-order valence-electron chi connectivity index (χ2n) is 4.82. The molecule has 3 rings (SSSR count). The number of hydrogen-bond acceptors (Lipinski definition) is 4. The first-order valence-electron chi connectivity index (χ1n) is 6.08. The quantitative estimate of drug-likeness (QED) is 0.755. The molecule has 1 aliphatic carbocycles. The minimum Gasteiger partial charge on any atom is -0.468 e. The van der Waals surface area contributed by atoms with E-state index in [-0.39, 0.29) is 5.97 Å². The average Bonchev–Trinajstić information content (AvgIpc) is 2.73. The molecule has 1 aliphatic rings. The molecule has 0 radical (unpaired) electrons. The van der Waals surface area contributed by atoms with E-state index in [1.165, 1.54) is 7.11 Å². The molecule has 0 aliphatic heterocycles. The molecule has 0 bridgehead atoms. The number of carbonyl (C=O) groups is 1. The maximum atomic E-state index is 12.0. The van der Waals surface area contributed by atoms with Gasteiger partial charge in [0.15, 0.2) is 11.5 Å². The fourth-order valence-electron chi connectivity index (χ4n) is 2.49. The molecule has 18 heavy (non-hydrogen) atoms. The highest BCUT2D eigenvalue weighted by Gasteiger charge is 2.50. The molecule has 5 heteroatoms. The smallest absolute Gasteiger partial charge is 0.319 e. The summed E-state index contributed by atoms with van der Waals surface area (Å²) < 4.78 is 6.64. The summed E-state index contributed by atoms with van der Waals surface area (Å²) in [6.45, 7) is 1.99. The SMILES string of the molecule is COC(=O)C1(c2nc3c(C)cccn3n2)CCC1. The van der Waals surface area contributed by atoms with Crippen molar-refractivity contribution in [2.75, 3.05) is 7.11 Å². The van der Waals surface area contributed by atoms with E-state index < -0.39 is 5.41 Å². The molecule has 0 spiro atoms. The third kappa shape index (κ3) is 1.36. The highest BCUT2D eigenvalue weighted by molar-refractivity contribution is 5.83. The fourth-order valence-corrected chi connectivity index (χ4v) is 2.49. The maximum Gasteiger partial charge on any atom is 0.319 e. The van der Waals surface area contributed by atoms with Crippen LogP contribution >= 0.6 is 0 Å². The van der Waals surface area contributed by atoms with Gasteiger partial charge in [0.2, 0.25) is 0 Å². The average molecular weight is 245 g/mol. The fraction of sp³-hybridized carbons (Fsp3) is 0.462. The standard InChI is InChI=1S/C13H15N3O2/c1-9-5-3-8-16-10(9)14-11(15-16)13(6-4-7-13)12(17)18-2/h3,5,8H,4,6-7H2,1-2H3. The summed E-state index contributed by atoms with van der Waals surface area (Å²) in [4.78, 5) is 16.5. The van der Waals surface area contributed by atoms with Crippen LogP contribution in [0.3, 0.4) is 0 Å². The molecule has 0 unspecified atom stereocenters. The lowest BCUT2D eigenvalue weighted by Crippen LogP contribution is -2.44. The van der Waals surface area contributed by atoms with Crippen molar-refractivity contribution in [1.29, 1.82) is 0 Å². The predicted octanol–water partition coefficient (Wildman–Crippen LogP) is 1.63. The van der Waals surface area contributed by atoms with Crippen LogP contribution in [-0.4, -0.2) is 27.7 Å². The van der Waals surface area contributed by atoms with Crippen molar-refractivity contribution < 1.29 is 9.53 Å². The van der Waals surface area contributed by atoms with Gasteiger partial charge in [-0.25, -0.2) is 9.50 Å². The molecule has 5 nitrogen and oxygen atoms in total. The Bertz CT molecular complexity index is 614. The van der Waals surface area contributed by atoms with E-state index in [0.717, 1.165) is 30.5 Å². The van der Waals surface area contributed by atoms with Crippen molar-refractivity contribution in [3.63, 3.8) is 0 Å². The lowest BCUT2D eigenvalue weighted by atomic mass is 9.68. The molecule has 0 atom stereocenters. The Balaban J connectivity index is 2.14. The topological polar surface area (TPSA) is 56.5 Å². The Morgan fingerprint density at radius 2 is 2.28 bits per heavy atom. The van der Waals surface area contributed by atoms with Crippen molar-refractivity contribution in [2.45, 2.75) is 31.6 Å². The van der Waals surface area contributed by atoms with Crippen LogP contribution in [0.25, 0.3) is 5.65 Å². The first kappa shape index (κ1) is 11.2. The number of esters is 1. The minimum absolute atomic E-state index is 0.220. The van der Waals surface area contributed by atoms with E-state index in [0.29, 0.717) is 5.82 Å². The van der Waals surface area contributed by atoms with Gasteiger partial charge in [-0.3, -0.25) is 4.79 Å². The third-order valence-electron chi connectivity index (χ3n) is 3.77. The first-order valence-corrected chi connectivity index (χ1v) is 6.08. The molecular formula is C13H15N3O2. The van der Waals surface area contributed by atoms with Gasteiger partial charge in [-0.15, -0.1) is 0 Å². The van der Waals surface area contributed by atoms with E-state index in [1.807, 2.05) is 25.3 Å². The van der Waals surface area contributed by atoms with Crippen LogP contribution in [-0.2, 0) is 14.9 Å². The normalized spacial score (nSPS) is 17.4. The number of aromatic nitrogens is 3. The van der Waals surface area contributed by atoms with Gasteiger partial charge < -0.3 is 4.74 Å². The number of rotatable bonds is 2. The van der Waals surface area contributed by atoms with Crippen molar-refractivity contribution in [1.82, 2.24) is 14.6 Å². The van der Waals surface area contributed by atoms with Gasteiger partial charge in [-0.1, -0.05) is 12.5 Å². The molecule has 0 amide bonds. The van der Waals surface area contributed by atoms with E-state index >= 15 is 0 Å². The van der Waals surface area contributed by atoms with Gasteiger partial charge in [-0.05, 0) is 31.4 Å². The summed E-state index contributed by atoms with van der Waals surface area (Å²) in [6.07, 6.45) is 4.41. The van der Waals surface area contributed by atoms with Crippen LogP contribution in [0.15, 0.2) is 18.3 Å². The molecule has 0 saturated heterocycles. The van der Waals surface area contributed by atoms with E-state index in [2.05, 4.69) is 10.1 Å². The Kier molecular flexibility index (Phi) is 2.36. The summed E-state index contributed by atoms with van der Waals surface area (Å²) in [6, 6.07) is 3.91. The zero-order valence-corrected chi connectivity index (χ0v) is 10.5. The largest absolute Gasteiger partial charge is 0.468 e. The lowest BCUT2D eigenvalue weighted by molar-refractivity contribution is -0.151. The molecular weight excluding hydrogens is 230 g/mol. The summed E-state index contributed by atoms with van der Waals surface area (Å²) in [5.41, 5.74) is 1.24. The predicted molar refractivity (Wildman–Crippen MR) is 65.3 cm³/mol. The zero-order chi connectivity index (χ0) is 12.8. The number of nitrogens with zero attached hydrogens (tertiary/aromatic N) is 3. The minimum atomic E-state index is -0.618. The molecule has 2 aromatic heterocycles. The molecule has 2 heterocycles. The van der Waals surface area contributed by atoms with Crippen LogP contribution < -0.4 is 0 Å². The number of pyridine rings is 1. The van der Waals surface area contributed by atoms with Gasteiger partial charge in [0.05, 0.1) is 7.11 Å². The van der Waals surface area contributed by atoms with Crippen LogP contribution in [0, 0.1) is 6.92 Å². The van der Waals surface area contributed by atoms with Crippen molar-refractivity contribution in [3.05, 3.63) is 29.7 Å². The zero-order valence-electron chi connectivity index (χ0n) is 10.5. The van der Waals surface area contributed by atoms with Gasteiger partial charge >= 0.3 is 5.97 Å². The monoisotopic (exact) mass is 245 g/mol. The highest BCUT2D eigenvalue weighted by Crippen LogP contribution is 2.43. The second kappa shape index (κ2) is 3.80. The molecule has 0 N–H and O–H groups in total. The van der Waals surface area contributed by atoms with E-state index in [4.69, 9.17) is 4.74 Å².